The third kappa shape index (κ3) is 2.15. The first-order valence-electron chi connectivity index (χ1n) is 5.95. The summed E-state index contributed by atoms with van der Waals surface area (Å²) in [7, 11) is 1.61. The number of aromatic nitrogens is 3. The van der Waals surface area contributed by atoms with E-state index in [2.05, 4.69) is 21.9 Å². The molecule has 0 atom stereocenters. The molecular weight excluding hydrogens is 254 g/mol. The predicted molar refractivity (Wildman–Crippen MR) is 73.6 cm³/mol. The Hall–Kier alpha value is -3.00. The van der Waals surface area contributed by atoms with Crippen LogP contribution in [0.1, 0.15) is 5.56 Å². The molecular formula is C15H11N3O2. The molecule has 2 aliphatic heterocycles. The van der Waals surface area contributed by atoms with Crippen molar-refractivity contribution in [3.63, 3.8) is 0 Å². The summed E-state index contributed by atoms with van der Waals surface area (Å²) >= 11 is 0. The highest BCUT2D eigenvalue weighted by Crippen LogP contribution is 2.26. The van der Waals surface area contributed by atoms with Gasteiger partial charge in [-0.1, -0.05) is 0 Å². The van der Waals surface area contributed by atoms with Gasteiger partial charge in [-0.15, -0.1) is 0 Å². The number of nitrogens with zero attached hydrogens (tertiary/aromatic N) is 3. The molecule has 1 aromatic carbocycles. The van der Waals surface area contributed by atoms with Crippen molar-refractivity contribution in [3.05, 3.63) is 48.4 Å². The van der Waals surface area contributed by atoms with Gasteiger partial charge < -0.3 is 9.84 Å². The lowest BCUT2D eigenvalue weighted by Crippen LogP contribution is -1.97. The lowest BCUT2D eigenvalue weighted by Gasteiger charge is -2.04. The van der Waals surface area contributed by atoms with E-state index in [4.69, 9.17) is 4.74 Å². The minimum Gasteiger partial charge on any atom is -0.497 e. The van der Waals surface area contributed by atoms with Crippen molar-refractivity contribution in [2.75, 3.05) is 7.11 Å². The lowest BCUT2D eigenvalue weighted by atomic mass is 10.2. The molecule has 1 aromatic rings. The van der Waals surface area contributed by atoms with Gasteiger partial charge in [0.25, 0.3) is 0 Å². The third-order valence-electron chi connectivity index (χ3n) is 2.85. The number of ether oxygens (including phenoxy) is 1. The SMILES string of the molecule is COc1ccc(C#Cn2cnc3nccc-3c2O)cc1. The number of hydrogen-bond acceptors (Lipinski definition) is 4. The molecule has 0 aromatic heterocycles. The topological polar surface area (TPSA) is 60.2 Å². The molecule has 0 spiro atoms. The number of hydrogen-bond donors (Lipinski definition) is 1. The first-order valence-corrected chi connectivity index (χ1v) is 5.95. The van der Waals surface area contributed by atoms with Crippen molar-refractivity contribution in [2.45, 2.75) is 0 Å². The molecule has 0 amide bonds. The third-order valence-corrected chi connectivity index (χ3v) is 2.85. The fourth-order valence-electron chi connectivity index (χ4n) is 1.78. The molecule has 1 N–H and O–H groups in total. The quantitative estimate of drug-likeness (QED) is 0.683. The van der Waals surface area contributed by atoms with Crippen LogP contribution in [-0.4, -0.2) is 26.8 Å². The summed E-state index contributed by atoms with van der Waals surface area (Å²) in [4.78, 5) is 8.12. The van der Waals surface area contributed by atoms with Crippen molar-refractivity contribution in [3.8, 4) is 35.0 Å². The molecule has 0 saturated heterocycles. The maximum absolute atomic E-state index is 10.1. The van der Waals surface area contributed by atoms with Crippen LogP contribution in [0.4, 0.5) is 0 Å². The van der Waals surface area contributed by atoms with Gasteiger partial charge in [0.1, 0.15) is 12.1 Å². The zero-order valence-electron chi connectivity index (χ0n) is 10.7. The maximum atomic E-state index is 10.1. The first kappa shape index (κ1) is 12.1. The average Bonchev–Trinajstić information content (AvgIpc) is 2.96. The average molecular weight is 265 g/mol. The van der Waals surface area contributed by atoms with Gasteiger partial charge in [0.15, 0.2) is 5.82 Å². The fraction of sp³-hybridized carbons (Fsp3) is 0.0667. The minimum atomic E-state index is 0.0357. The molecule has 2 aliphatic rings. The number of methoxy groups -OCH3 is 1. The van der Waals surface area contributed by atoms with E-state index in [9.17, 15) is 5.11 Å². The van der Waals surface area contributed by atoms with E-state index >= 15 is 0 Å². The van der Waals surface area contributed by atoms with Crippen molar-refractivity contribution >= 4 is 0 Å². The second-order valence-corrected chi connectivity index (χ2v) is 4.09. The Bertz CT molecular complexity index is 766. The number of aromatic hydroxyl groups is 1. The van der Waals surface area contributed by atoms with Crippen LogP contribution in [-0.2, 0) is 0 Å². The fourth-order valence-corrected chi connectivity index (χ4v) is 1.78. The Morgan fingerprint density at radius 2 is 1.95 bits per heavy atom. The Labute approximate surface area is 115 Å². The standard InChI is InChI=1S/C15H11N3O2/c1-20-12-4-2-11(3-5-12)7-9-18-10-17-14-13(15(18)19)6-8-16-14/h2-6,8,10,19H,1H3. The van der Waals surface area contributed by atoms with Gasteiger partial charge in [-0.3, -0.25) is 0 Å². The summed E-state index contributed by atoms with van der Waals surface area (Å²) < 4.78 is 6.45. The van der Waals surface area contributed by atoms with E-state index in [1.54, 1.807) is 19.4 Å². The molecule has 0 fully saturated rings. The molecule has 0 bridgehead atoms. The van der Waals surface area contributed by atoms with E-state index in [1.807, 2.05) is 24.3 Å². The molecule has 2 heterocycles. The van der Waals surface area contributed by atoms with Gasteiger partial charge in [0.05, 0.1) is 12.7 Å². The van der Waals surface area contributed by atoms with E-state index < -0.39 is 0 Å². The van der Waals surface area contributed by atoms with Crippen molar-refractivity contribution in [1.29, 1.82) is 0 Å². The van der Waals surface area contributed by atoms with Crippen molar-refractivity contribution < 1.29 is 9.84 Å². The molecule has 0 saturated carbocycles. The minimum absolute atomic E-state index is 0.0357. The number of rotatable bonds is 1. The van der Waals surface area contributed by atoms with Crippen molar-refractivity contribution in [2.24, 2.45) is 0 Å². The summed E-state index contributed by atoms with van der Waals surface area (Å²) in [6.45, 7) is 0. The van der Waals surface area contributed by atoms with Gasteiger partial charge in [-0.25, -0.2) is 14.5 Å². The molecule has 98 valence electrons. The normalized spacial score (nSPS) is 10.1. The molecule has 5 heteroatoms. The van der Waals surface area contributed by atoms with Crippen LogP contribution >= 0.6 is 0 Å². The van der Waals surface area contributed by atoms with Crippen LogP contribution in [0.5, 0.6) is 11.6 Å². The Morgan fingerprint density at radius 3 is 2.70 bits per heavy atom. The highest BCUT2D eigenvalue weighted by Gasteiger charge is 2.12. The van der Waals surface area contributed by atoms with Gasteiger partial charge in [0.2, 0.25) is 5.88 Å². The summed E-state index contributed by atoms with van der Waals surface area (Å²) in [5.74, 6) is 4.26. The van der Waals surface area contributed by atoms with Crippen LogP contribution in [0.2, 0.25) is 0 Å². The van der Waals surface area contributed by atoms with Crippen LogP contribution in [0, 0.1) is 12.0 Å². The Balaban J connectivity index is 1.95. The molecule has 20 heavy (non-hydrogen) atoms. The highest BCUT2D eigenvalue weighted by atomic mass is 16.5. The predicted octanol–water partition coefficient (Wildman–Crippen LogP) is 1.95. The summed E-state index contributed by atoms with van der Waals surface area (Å²) in [6, 6.07) is 11.9. The van der Waals surface area contributed by atoms with Crippen LogP contribution in [0.3, 0.4) is 0 Å². The second-order valence-electron chi connectivity index (χ2n) is 4.09. The smallest absolute Gasteiger partial charge is 0.215 e. The summed E-state index contributed by atoms with van der Waals surface area (Å²) in [6.07, 6.45) is 3.04. The monoisotopic (exact) mass is 265 g/mol. The molecule has 3 rings (SSSR count). The Morgan fingerprint density at radius 1 is 1.15 bits per heavy atom. The zero-order valence-corrected chi connectivity index (χ0v) is 10.7. The largest absolute Gasteiger partial charge is 0.497 e. The first-order chi connectivity index (χ1) is 9.78. The van der Waals surface area contributed by atoms with Gasteiger partial charge >= 0.3 is 0 Å². The molecule has 0 aliphatic carbocycles. The lowest BCUT2D eigenvalue weighted by molar-refractivity contribution is 0.415. The maximum Gasteiger partial charge on any atom is 0.215 e. The highest BCUT2D eigenvalue weighted by molar-refractivity contribution is 5.63. The zero-order chi connectivity index (χ0) is 13.9. The van der Waals surface area contributed by atoms with Gasteiger partial charge in [0, 0.05) is 17.8 Å². The van der Waals surface area contributed by atoms with Crippen LogP contribution in [0.25, 0.3) is 11.4 Å². The molecule has 0 radical (unpaired) electrons. The van der Waals surface area contributed by atoms with E-state index in [0.717, 1.165) is 11.3 Å². The van der Waals surface area contributed by atoms with E-state index in [1.165, 1.54) is 10.9 Å². The summed E-state index contributed by atoms with van der Waals surface area (Å²) in [5, 5.41) is 10.1. The van der Waals surface area contributed by atoms with Crippen LogP contribution < -0.4 is 4.74 Å². The van der Waals surface area contributed by atoms with Crippen molar-refractivity contribution in [1.82, 2.24) is 14.5 Å². The molecule has 0 unspecified atom stereocenters. The Kier molecular flexibility index (Phi) is 2.98. The number of fused-ring (bicyclic) bond motifs is 1. The summed E-state index contributed by atoms with van der Waals surface area (Å²) in [5.41, 5.74) is 1.40. The second kappa shape index (κ2) is 4.94. The number of benzene rings is 1. The van der Waals surface area contributed by atoms with E-state index in [0.29, 0.717) is 11.4 Å². The van der Waals surface area contributed by atoms with Gasteiger partial charge in [-0.05, 0) is 36.3 Å². The van der Waals surface area contributed by atoms with E-state index in [-0.39, 0.29) is 5.88 Å². The van der Waals surface area contributed by atoms with Gasteiger partial charge in [-0.2, -0.15) is 0 Å². The molecule has 5 nitrogen and oxygen atoms in total. The van der Waals surface area contributed by atoms with Crippen LogP contribution in [0.15, 0.2) is 42.9 Å².